The van der Waals surface area contributed by atoms with Gasteiger partial charge in [0, 0.05) is 19.3 Å². The summed E-state index contributed by atoms with van der Waals surface area (Å²) in [6.45, 7) is 10.2. The van der Waals surface area contributed by atoms with Gasteiger partial charge in [-0.05, 0) is 56.7 Å². The zero-order valence-electron chi connectivity index (χ0n) is 12.8. The van der Waals surface area contributed by atoms with Crippen molar-refractivity contribution in [3.8, 4) is 0 Å². The van der Waals surface area contributed by atoms with Crippen molar-refractivity contribution in [1.29, 1.82) is 0 Å². The van der Waals surface area contributed by atoms with E-state index in [1.54, 1.807) is 0 Å². The molecule has 0 radical (unpaired) electrons. The van der Waals surface area contributed by atoms with Gasteiger partial charge in [-0.25, -0.2) is 0 Å². The van der Waals surface area contributed by atoms with E-state index in [0.29, 0.717) is 0 Å². The lowest BCUT2D eigenvalue weighted by molar-refractivity contribution is 0.124. The predicted molar refractivity (Wildman–Crippen MR) is 81.2 cm³/mol. The van der Waals surface area contributed by atoms with Crippen molar-refractivity contribution >= 4 is 0 Å². The summed E-state index contributed by atoms with van der Waals surface area (Å²) < 4.78 is 5.54. The highest BCUT2D eigenvalue weighted by Gasteiger charge is 2.11. The molecule has 0 aromatic heterocycles. The van der Waals surface area contributed by atoms with Crippen LogP contribution in [-0.4, -0.2) is 19.3 Å². The van der Waals surface area contributed by atoms with Crippen molar-refractivity contribution in [1.82, 2.24) is 5.43 Å². The number of benzene rings is 1. The van der Waals surface area contributed by atoms with Gasteiger partial charge in [-0.3, -0.25) is 11.3 Å². The van der Waals surface area contributed by atoms with Crippen molar-refractivity contribution in [3.63, 3.8) is 0 Å². The lowest BCUT2D eigenvalue weighted by Crippen LogP contribution is -2.38. The van der Waals surface area contributed by atoms with Crippen LogP contribution in [0.1, 0.15) is 42.0 Å². The third kappa shape index (κ3) is 5.31. The number of aryl methyl sites for hydroxylation is 3. The van der Waals surface area contributed by atoms with Crippen LogP contribution >= 0.6 is 0 Å². The Hall–Kier alpha value is -0.900. The fraction of sp³-hybridized carbons (Fsp3) is 0.625. The summed E-state index contributed by atoms with van der Waals surface area (Å²) >= 11 is 0. The van der Waals surface area contributed by atoms with E-state index in [4.69, 9.17) is 10.6 Å². The van der Waals surface area contributed by atoms with Gasteiger partial charge in [-0.1, -0.05) is 24.6 Å². The molecule has 0 spiro atoms. The summed E-state index contributed by atoms with van der Waals surface area (Å²) in [7, 11) is 0. The maximum atomic E-state index is 5.66. The second-order valence-electron chi connectivity index (χ2n) is 5.35. The normalized spacial score (nSPS) is 12.7. The van der Waals surface area contributed by atoms with Gasteiger partial charge in [0.1, 0.15) is 0 Å². The molecule has 108 valence electrons. The summed E-state index contributed by atoms with van der Waals surface area (Å²) in [5.74, 6) is 5.66. The SMILES string of the molecule is CCCOCCC(Cc1c(C)cc(C)cc1C)NN. The van der Waals surface area contributed by atoms with Gasteiger partial charge in [0.15, 0.2) is 0 Å². The highest BCUT2D eigenvalue weighted by atomic mass is 16.5. The molecule has 0 amide bonds. The van der Waals surface area contributed by atoms with Crippen LogP contribution in [0.4, 0.5) is 0 Å². The van der Waals surface area contributed by atoms with Gasteiger partial charge < -0.3 is 4.74 Å². The molecule has 1 unspecified atom stereocenters. The smallest absolute Gasteiger partial charge is 0.0481 e. The molecule has 3 nitrogen and oxygen atoms in total. The molecule has 1 rings (SSSR count). The number of hydrogen-bond donors (Lipinski definition) is 2. The first-order valence-electron chi connectivity index (χ1n) is 7.19. The second kappa shape index (κ2) is 8.31. The Balaban J connectivity index is 2.60. The minimum absolute atomic E-state index is 0.275. The molecular weight excluding hydrogens is 236 g/mol. The van der Waals surface area contributed by atoms with E-state index in [1.165, 1.54) is 22.3 Å². The molecule has 1 aromatic rings. The summed E-state index contributed by atoms with van der Waals surface area (Å²) in [5, 5.41) is 0. The number of nitrogens with two attached hydrogens (primary N) is 1. The maximum Gasteiger partial charge on any atom is 0.0481 e. The molecular formula is C16H28N2O. The zero-order chi connectivity index (χ0) is 14.3. The largest absolute Gasteiger partial charge is 0.381 e. The number of ether oxygens (including phenoxy) is 1. The van der Waals surface area contributed by atoms with E-state index in [2.05, 4.69) is 45.3 Å². The van der Waals surface area contributed by atoms with Crippen LogP contribution in [0.25, 0.3) is 0 Å². The average molecular weight is 264 g/mol. The molecule has 3 heteroatoms. The number of rotatable bonds is 8. The highest BCUT2D eigenvalue weighted by Crippen LogP contribution is 2.18. The Morgan fingerprint density at radius 3 is 2.32 bits per heavy atom. The van der Waals surface area contributed by atoms with E-state index >= 15 is 0 Å². The molecule has 0 heterocycles. The summed E-state index contributed by atoms with van der Waals surface area (Å²) in [6, 6.07) is 4.75. The van der Waals surface area contributed by atoms with Crippen molar-refractivity contribution in [2.45, 2.75) is 53.0 Å². The van der Waals surface area contributed by atoms with Gasteiger partial charge in [-0.15, -0.1) is 0 Å². The van der Waals surface area contributed by atoms with Crippen LogP contribution in [0.2, 0.25) is 0 Å². The van der Waals surface area contributed by atoms with Gasteiger partial charge >= 0.3 is 0 Å². The van der Waals surface area contributed by atoms with Crippen LogP contribution in [0.5, 0.6) is 0 Å². The number of nitrogens with one attached hydrogen (secondary N) is 1. The van der Waals surface area contributed by atoms with Gasteiger partial charge in [-0.2, -0.15) is 0 Å². The minimum atomic E-state index is 0.275. The number of hydrazine groups is 1. The van der Waals surface area contributed by atoms with Crippen LogP contribution in [0, 0.1) is 20.8 Å². The van der Waals surface area contributed by atoms with Crippen LogP contribution < -0.4 is 11.3 Å². The lowest BCUT2D eigenvalue weighted by Gasteiger charge is -2.19. The minimum Gasteiger partial charge on any atom is -0.381 e. The van der Waals surface area contributed by atoms with E-state index in [1.807, 2.05) is 0 Å². The van der Waals surface area contributed by atoms with E-state index in [9.17, 15) is 0 Å². The van der Waals surface area contributed by atoms with E-state index in [-0.39, 0.29) is 6.04 Å². The summed E-state index contributed by atoms with van der Waals surface area (Å²) in [6.07, 6.45) is 2.98. The lowest BCUT2D eigenvalue weighted by atomic mass is 9.94. The third-order valence-electron chi connectivity index (χ3n) is 3.49. The first-order chi connectivity index (χ1) is 9.08. The van der Waals surface area contributed by atoms with Crippen molar-refractivity contribution < 1.29 is 4.74 Å². The van der Waals surface area contributed by atoms with Crippen LogP contribution in [-0.2, 0) is 11.2 Å². The van der Waals surface area contributed by atoms with Gasteiger partial charge in [0.2, 0.25) is 0 Å². The molecule has 0 fully saturated rings. The molecule has 0 bridgehead atoms. The van der Waals surface area contributed by atoms with Crippen LogP contribution in [0.3, 0.4) is 0 Å². The Bertz CT molecular complexity index is 367. The monoisotopic (exact) mass is 264 g/mol. The van der Waals surface area contributed by atoms with Crippen LogP contribution in [0.15, 0.2) is 12.1 Å². The van der Waals surface area contributed by atoms with E-state index in [0.717, 1.165) is 32.5 Å². The molecule has 0 saturated carbocycles. The molecule has 0 aliphatic carbocycles. The Labute approximate surface area is 117 Å². The molecule has 0 aliphatic rings. The second-order valence-corrected chi connectivity index (χ2v) is 5.35. The Morgan fingerprint density at radius 2 is 1.79 bits per heavy atom. The van der Waals surface area contributed by atoms with Crippen molar-refractivity contribution in [2.24, 2.45) is 5.84 Å². The Morgan fingerprint density at radius 1 is 1.16 bits per heavy atom. The Kier molecular flexibility index (Phi) is 7.06. The summed E-state index contributed by atoms with van der Waals surface area (Å²) in [4.78, 5) is 0. The average Bonchev–Trinajstić information content (AvgIpc) is 2.36. The molecule has 1 aromatic carbocycles. The molecule has 1 atom stereocenters. The van der Waals surface area contributed by atoms with E-state index < -0.39 is 0 Å². The molecule has 0 saturated heterocycles. The molecule has 3 N–H and O–H groups in total. The summed E-state index contributed by atoms with van der Waals surface area (Å²) in [5.41, 5.74) is 8.35. The topological polar surface area (TPSA) is 47.3 Å². The zero-order valence-corrected chi connectivity index (χ0v) is 12.8. The predicted octanol–water partition coefficient (Wildman–Crippen LogP) is 2.80. The first-order valence-corrected chi connectivity index (χ1v) is 7.19. The first kappa shape index (κ1) is 16.2. The van der Waals surface area contributed by atoms with Crippen molar-refractivity contribution in [3.05, 3.63) is 34.4 Å². The maximum absolute atomic E-state index is 5.66. The number of hydrogen-bond acceptors (Lipinski definition) is 3. The highest BCUT2D eigenvalue weighted by molar-refractivity contribution is 5.38. The van der Waals surface area contributed by atoms with Crippen molar-refractivity contribution in [2.75, 3.05) is 13.2 Å². The van der Waals surface area contributed by atoms with Gasteiger partial charge in [0.25, 0.3) is 0 Å². The van der Waals surface area contributed by atoms with Gasteiger partial charge in [0.05, 0.1) is 0 Å². The standard InChI is InChI=1S/C16H28N2O/c1-5-7-19-8-6-15(18-17)11-16-13(3)9-12(2)10-14(16)4/h9-10,15,18H,5-8,11,17H2,1-4H3. The third-order valence-corrected chi connectivity index (χ3v) is 3.49. The fourth-order valence-corrected chi connectivity index (χ4v) is 2.49. The molecule has 19 heavy (non-hydrogen) atoms. The fourth-order valence-electron chi connectivity index (χ4n) is 2.49. The molecule has 0 aliphatic heterocycles. The quantitative estimate of drug-likeness (QED) is 0.431.